The Morgan fingerprint density at radius 2 is 2.00 bits per heavy atom. The number of aliphatic hydroxyl groups excluding tert-OH is 1. The topological polar surface area (TPSA) is 55.5 Å². The highest BCUT2D eigenvalue weighted by molar-refractivity contribution is 7.99. The van der Waals surface area contributed by atoms with Crippen LogP contribution in [-0.4, -0.2) is 29.3 Å². The quantitative estimate of drug-likeness (QED) is 0.731. The van der Waals surface area contributed by atoms with E-state index in [1.54, 1.807) is 11.8 Å². The Morgan fingerprint density at radius 1 is 1.32 bits per heavy atom. The lowest BCUT2D eigenvalue weighted by molar-refractivity contribution is 0.289. The fourth-order valence-corrected chi connectivity index (χ4v) is 2.66. The highest BCUT2D eigenvalue weighted by atomic mass is 32.2. The molecule has 0 aliphatic carbocycles. The fourth-order valence-electron chi connectivity index (χ4n) is 1.66. The third-order valence-electron chi connectivity index (χ3n) is 2.88. The molecule has 0 saturated carbocycles. The lowest BCUT2D eigenvalue weighted by Crippen LogP contribution is -2.15. The van der Waals surface area contributed by atoms with E-state index in [-0.39, 0.29) is 12.6 Å². The van der Waals surface area contributed by atoms with Gasteiger partial charge in [-0.1, -0.05) is 26.0 Å². The SMILES string of the molecule is CCCOc1ccc(C(N)CSC(C)CCO)cc1. The van der Waals surface area contributed by atoms with E-state index in [1.165, 1.54) is 0 Å². The molecule has 0 aliphatic heterocycles. The van der Waals surface area contributed by atoms with E-state index in [0.717, 1.165) is 36.5 Å². The van der Waals surface area contributed by atoms with Crippen LogP contribution in [0.2, 0.25) is 0 Å². The maximum atomic E-state index is 8.86. The van der Waals surface area contributed by atoms with Gasteiger partial charge in [-0.15, -0.1) is 0 Å². The van der Waals surface area contributed by atoms with Crippen LogP contribution in [0.25, 0.3) is 0 Å². The first-order valence-corrected chi connectivity index (χ1v) is 7.93. The minimum Gasteiger partial charge on any atom is -0.494 e. The van der Waals surface area contributed by atoms with Crippen molar-refractivity contribution in [3.05, 3.63) is 29.8 Å². The molecule has 0 aromatic heterocycles. The van der Waals surface area contributed by atoms with Crippen LogP contribution in [0.5, 0.6) is 5.75 Å². The van der Waals surface area contributed by atoms with Crippen molar-refractivity contribution in [2.24, 2.45) is 5.73 Å². The van der Waals surface area contributed by atoms with Gasteiger partial charge in [-0.3, -0.25) is 0 Å². The molecule has 1 aromatic rings. The molecule has 0 heterocycles. The lowest BCUT2D eigenvalue weighted by Gasteiger charge is -2.15. The van der Waals surface area contributed by atoms with Gasteiger partial charge in [-0.2, -0.15) is 11.8 Å². The molecular weight excluding hydrogens is 258 g/mol. The summed E-state index contributed by atoms with van der Waals surface area (Å²) in [4.78, 5) is 0. The van der Waals surface area contributed by atoms with Gasteiger partial charge in [0.2, 0.25) is 0 Å². The second-order valence-electron chi connectivity index (χ2n) is 4.68. The van der Waals surface area contributed by atoms with E-state index in [1.807, 2.05) is 24.3 Å². The smallest absolute Gasteiger partial charge is 0.119 e. The summed E-state index contributed by atoms with van der Waals surface area (Å²) in [7, 11) is 0. The summed E-state index contributed by atoms with van der Waals surface area (Å²) in [5.41, 5.74) is 7.30. The summed E-state index contributed by atoms with van der Waals surface area (Å²) < 4.78 is 5.55. The number of ether oxygens (including phenoxy) is 1. The largest absolute Gasteiger partial charge is 0.494 e. The van der Waals surface area contributed by atoms with Crippen LogP contribution >= 0.6 is 11.8 Å². The summed E-state index contributed by atoms with van der Waals surface area (Å²) in [6.07, 6.45) is 1.84. The van der Waals surface area contributed by atoms with E-state index >= 15 is 0 Å². The molecular formula is C15H25NO2S. The van der Waals surface area contributed by atoms with E-state index in [9.17, 15) is 0 Å². The predicted octanol–water partition coefficient (Wildman–Crippen LogP) is 2.98. The van der Waals surface area contributed by atoms with Gasteiger partial charge in [0.1, 0.15) is 5.75 Å². The van der Waals surface area contributed by atoms with Gasteiger partial charge in [0, 0.05) is 23.7 Å². The van der Waals surface area contributed by atoms with Crippen LogP contribution in [-0.2, 0) is 0 Å². The first kappa shape index (κ1) is 16.3. The normalized spacial score (nSPS) is 14.1. The first-order valence-electron chi connectivity index (χ1n) is 6.88. The Bertz CT molecular complexity index is 343. The van der Waals surface area contributed by atoms with Gasteiger partial charge in [-0.25, -0.2) is 0 Å². The van der Waals surface area contributed by atoms with Crippen molar-refractivity contribution in [3.8, 4) is 5.75 Å². The van der Waals surface area contributed by atoms with Crippen molar-refractivity contribution in [3.63, 3.8) is 0 Å². The number of rotatable bonds is 9. The first-order chi connectivity index (χ1) is 9.17. The Hall–Kier alpha value is -0.710. The number of hydrogen-bond donors (Lipinski definition) is 2. The highest BCUT2D eigenvalue weighted by Crippen LogP contribution is 2.22. The monoisotopic (exact) mass is 283 g/mol. The molecule has 19 heavy (non-hydrogen) atoms. The van der Waals surface area contributed by atoms with Gasteiger partial charge in [0.05, 0.1) is 6.61 Å². The average Bonchev–Trinajstić information content (AvgIpc) is 2.43. The summed E-state index contributed by atoms with van der Waals surface area (Å²) in [5, 5.41) is 9.31. The van der Waals surface area contributed by atoms with Gasteiger partial charge in [0.15, 0.2) is 0 Å². The van der Waals surface area contributed by atoms with Gasteiger partial charge in [0.25, 0.3) is 0 Å². The minimum atomic E-state index is 0.0337. The van der Waals surface area contributed by atoms with Crippen molar-refractivity contribution in [1.82, 2.24) is 0 Å². The molecule has 0 spiro atoms. The van der Waals surface area contributed by atoms with Crippen LogP contribution in [0.15, 0.2) is 24.3 Å². The third kappa shape index (κ3) is 6.32. The molecule has 0 fully saturated rings. The standard InChI is InChI=1S/C15H25NO2S/c1-3-10-18-14-6-4-13(5-7-14)15(16)11-19-12(2)8-9-17/h4-7,12,15,17H,3,8-11,16H2,1-2H3. The van der Waals surface area contributed by atoms with E-state index < -0.39 is 0 Å². The molecule has 1 aromatic carbocycles. The maximum absolute atomic E-state index is 8.86. The van der Waals surface area contributed by atoms with Gasteiger partial charge < -0.3 is 15.6 Å². The number of benzene rings is 1. The van der Waals surface area contributed by atoms with Crippen molar-refractivity contribution in [2.75, 3.05) is 19.0 Å². The molecule has 3 N–H and O–H groups in total. The van der Waals surface area contributed by atoms with Crippen LogP contribution in [0.4, 0.5) is 0 Å². The van der Waals surface area contributed by atoms with Crippen LogP contribution < -0.4 is 10.5 Å². The summed E-state index contributed by atoms with van der Waals surface area (Å²) in [6.45, 7) is 5.21. The van der Waals surface area contributed by atoms with E-state index in [2.05, 4.69) is 13.8 Å². The Kier molecular flexibility index (Phi) is 7.94. The second kappa shape index (κ2) is 9.23. The zero-order valence-corrected chi connectivity index (χ0v) is 12.7. The Morgan fingerprint density at radius 3 is 2.58 bits per heavy atom. The van der Waals surface area contributed by atoms with E-state index in [0.29, 0.717) is 5.25 Å². The molecule has 0 radical (unpaired) electrons. The van der Waals surface area contributed by atoms with Crippen molar-refractivity contribution in [2.45, 2.75) is 38.0 Å². The van der Waals surface area contributed by atoms with E-state index in [4.69, 9.17) is 15.6 Å². The Labute approximate surface area is 120 Å². The van der Waals surface area contributed by atoms with Crippen molar-refractivity contribution < 1.29 is 9.84 Å². The molecule has 0 bridgehead atoms. The molecule has 2 unspecified atom stereocenters. The molecule has 0 saturated heterocycles. The number of aliphatic hydroxyl groups is 1. The third-order valence-corrected chi connectivity index (χ3v) is 4.23. The molecule has 3 nitrogen and oxygen atoms in total. The molecule has 2 atom stereocenters. The van der Waals surface area contributed by atoms with Crippen molar-refractivity contribution in [1.29, 1.82) is 0 Å². The van der Waals surface area contributed by atoms with Crippen LogP contribution in [0.1, 0.15) is 38.3 Å². The molecule has 1 rings (SSSR count). The second-order valence-corrected chi connectivity index (χ2v) is 6.15. The van der Waals surface area contributed by atoms with Gasteiger partial charge >= 0.3 is 0 Å². The van der Waals surface area contributed by atoms with Gasteiger partial charge in [-0.05, 0) is 30.5 Å². The predicted molar refractivity (Wildman–Crippen MR) is 82.8 cm³/mol. The minimum absolute atomic E-state index is 0.0337. The maximum Gasteiger partial charge on any atom is 0.119 e. The summed E-state index contributed by atoms with van der Waals surface area (Å²) in [5.74, 6) is 1.77. The molecule has 108 valence electrons. The highest BCUT2D eigenvalue weighted by Gasteiger charge is 2.09. The van der Waals surface area contributed by atoms with Crippen LogP contribution in [0, 0.1) is 0 Å². The van der Waals surface area contributed by atoms with Crippen LogP contribution in [0.3, 0.4) is 0 Å². The fraction of sp³-hybridized carbons (Fsp3) is 0.600. The number of thioether (sulfide) groups is 1. The van der Waals surface area contributed by atoms with Crippen molar-refractivity contribution >= 4 is 11.8 Å². The molecule has 0 aliphatic rings. The Balaban J connectivity index is 2.41. The lowest BCUT2D eigenvalue weighted by atomic mass is 10.1. The summed E-state index contributed by atoms with van der Waals surface area (Å²) in [6, 6.07) is 8.06. The average molecular weight is 283 g/mol. The zero-order chi connectivity index (χ0) is 14.1. The summed E-state index contributed by atoms with van der Waals surface area (Å²) >= 11 is 1.81. The number of hydrogen-bond acceptors (Lipinski definition) is 4. The molecule has 4 heteroatoms. The molecule has 0 amide bonds. The number of nitrogens with two attached hydrogens (primary N) is 1. The zero-order valence-electron chi connectivity index (χ0n) is 11.8.